The van der Waals surface area contributed by atoms with E-state index in [0.29, 0.717) is 18.0 Å². The molecule has 1 heterocycles. The average molecular weight is 315 g/mol. The van der Waals surface area contributed by atoms with Gasteiger partial charge >= 0.3 is 5.97 Å². The quantitative estimate of drug-likeness (QED) is 0.864. The average Bonchev–Trinajstić information content (AvgIpc) is 2.89. The van der Waals surface area contributed by atoms with E-state index in [4.69, 9.17) is 5.11 Å². The van der Waals surface area contributed by atoms with Crippen molar-refractivity contribution in [3.63, 3.8) is 0 Å². The van der Waals surface area contributed by atoms with Gasteiger partial charge in [-0.25, -0.2) is 17.9 Å². The maximum atomic E-state index is 12.2. The SMILES string of the molecule is Cc1ccc(S(=O)(=O)NCC2CCSC2)cc1C(=O)O. The van der Waals surface area contributed by atoms with E-state index < -0.39 is 16.0 Å². The molecule has 1 aromatic rings. The van der Waals surface area contributed by atoms with E-state index >= 15 is 0 Å². The largest absolute Gasteiger partial charge is 0.478 e. The van der Waals surface area contributed by atoms with Gasteiger partial charge in [0.05, 0.1) is 10.5 Å². The Hall–Kier alpha value is -1.05. The Balaban J connectivity index is 2.16. The summed E-state index contributed by atoms with van der Waals surface area (Å²) >= 11 is 1.82. The van der Waals surface area contributed by atoms with Crippen LogP contribution in [0, 0.1) is 12.8 Å². The first-order chi connectivity index (χ1) is 9.40. The van der Waals surface area contributed by atoms with Crippen molar-refractivity contribution in [2.24, 2.45) is 5.92 Å². The molecular formula is C13H17NO4S2. The highest BCUT2D eigenvalue weighted by molar-refractivity contribution is 7.99. The van der Waals surface area contributed by atoms with Gasteiger partial charge in [0.2, 0.25) is 10.0 Å². The molecule has 7 heteroatoms. The summed E-state index contributed by atoms with van der Waals surface area (Å²) in [5.41, 5.74) is 0.563. The van der Waals surface area contributed by atoms with E-state index in [0.717, 1.165) is 17.9 Å². The maximum Gasteiger partial charge on any atom is 0.335 e. The van der Waals surface area contributed by atoms with Crippen molar-refractivity contribution in [2.45, 2.75) is 18.2 Å². The van der Waals surface area contributed by atoms with E-state index in [-0.39, 0.29) is 10.5 Å². The fourth-order valence-corrected chi connectivity index (χ4v) is 4.48. The fourth-order valence-electron chi connectivity index (χ4n) is 2.05. The van der Waals surface area contributed by atoms with Crippen LogP contribution in [0.25, 0.3) is 0 Å². The van der Waals surface area contributed by atoms with Crippen LogP contribution in [0.4, 0.5) is 0 Å². The lowest BCUT2D eigenvalue weighted by atomic mass is 10.1. The summed E-state index contributed by atoms with van der Waals surface area (Å²) in [7, 11) is -3.64. The van der Waals surface area contributed by atoms with E-state index in [2.05, 4.69) is 4.72 Å². The molecule has 0 amide bonds. The van der Waals surface area contributed by atoms with Crippen LogP contribution in [-0.4, -0.2) is 37.5 Å². The van der Waals surface area contributed by atoms with E-state index in [9.17, 15) is 13.2 Å². The third kappa shape index (κ3) is 3.53. The molecule has 0 saturated carbocycles. The van der Waals surface area contributed by atoms with Crippen molar-refractivity contribution in [1.82, 2.24) is 4.72 Å². The van der Waals surface area contributed by atoms with Gasteiger partial charge in [-0.1, -0.05) is 6.07 Å². The Morgan fingerprint density at radius 3 is 2.85 bits per heavy atom. The van der Waals surface area contributed by atoms with Gasteiger partial charge in [-0.2, -0.15) is 11.8 Å². The van der Waals surface area contributed by atoms with Crippen molar-refractivity contribution in [2.75, 3.05) is 18.1 Å². The predicted octanol–water partition coefficient (Wildman–Crippen LogP) is 1.72. The molecule has 5 nitrogen and oxygen atoms in total. The fraction of sp³-hybridized carbons (Fsp3) is 0.462. The van der Waals surface area contributed by atoms with Gasteiger partial charge in [0.1, 0.15) is 0 Å². The van der Waals surface area contributed by atoms with Crippen molar-refractivity contribution in [3.8, 4) is 0 Å². The molecule has 1 unspecified atom stereocenters. The summed E-state index contributed by atoms with van der Waals surface area (Å²) in [5, 5.41) is 9.04. The van der Waals surface area contributed by atoms with Gasteiger partial charge in [-0.05, 0) is 48.5 Å². The highest BCUT2D eigenvalue weighted by Gasteiger charge is 2.21. The lowest BCUT2D eigenvalue weighted by molar-refractivity contribution is 0.0696. The number of rotatable bonds is 5. The summed E-state index contributed by atoms with van der Waals surface area (Å²) in [6.45, 7) is 2.05. The Morgan fingerprint density at radius 1 is 1.50 bits per heavy atom. The van der Waals surface area contributed by atoms with E-state index in [1.165, 1.54) is 18.2 Å². The van der Waals surface area contributed by atoms with Crippen LogP contribution in [0.3, 0.4) is 0 Å². The van der Waals surface area contributed by atoms with E-state index in [1.807, 2.05) is 11.8 Å². The Bertz CT molecular complexity index is 607. The highest BCUT2D eigenvalue weighted by atomic mass is 32.2. The van der Waals surface area contributed by atoms with Crippen LogP contribution in [0.15, 0.2) is 23.1 Å². The number of benzene rings is 1. The van der Waals surface area contributed by atoms with Crippen LogP contribution in [-0.2, 0) is 10.0 Å². The number of carboxylic acid groups (broad SMARTS) is 1. The standard InChI is InChI=1S/C13H17NO4S2/c1-9-2-3-11(6-12(9)13(15)16)20(17,18)14-7-10-4-5-19-8-10/h2-3,6,10,14H,4-5,7-8H2,1H3,(H,15,16). The van der Waals surface area contributed by atoms with Gasteiger partial charge in [0.25, 0.3) is 0 Å². The van der Waals surface area contributed by atoms with Crippen LogP contribution in [0.5, 0.6) is 0 Å². The normalized spacial score (nSPS) is 19.1. The molecule has 2 N–H and O–H groups in total. The van der Waals surface area contributed by atoms with Crippen LogP contribution in [0.1, 0.15) is 22.3 Å². The zero-order chi connectivity index (χ0) is 14.8. The maximum absolute atomic E-state index is 12.2. The van der Waals surface area contributed by atoms with Crippen molar-refractivity contribution >= 4 is 27.8 Å². The molecule has 0 aromatic heterocycles. The van der Waals surface area contributed by atoms with Crippen molar-refractivity contribution in [1.29, 1.82) is 0 Å². The first-order valence-electron chi connectivity index (χ1n) is 6.31. The molecule has 0 aliphatic carbocycles. The van der Waals surface area contributed by atoms with Crippen LogP contribution < -0.4 is 4.72 Å². The lowest BCUT2D eigenvalue weighted by Gasteiger charge is -2.11. The number of carboxylic acids is 1. The molecule has 0 radical (unpaired) electrons. The molecule has 1 aliphatic heterocycles. The molecule has 1 aromatic carbocycles. The molecule has 1 aliphatic rings. The summed E-state index contributed by atoms with van der Waals surface area (Å²) in [6, 6.07) is 4.17. The molecule has 1 atom stereocenters. The third-order valence-electron chi connectivity index (χ3n) is 3.34. The molecule has 20 heavy (non-hydrogen) atoms. The second-order valence-corrected chi connectivity index (χ2v) is 7.78. The number of hydrogen-bond donors (Lipinski definition) is 2. The Morgan fingerprint density at radius 2 is 2.25 bits per heavy atom. The van der Waals surface area contributed by atoms with Gasteiger partial charge in [0.15, 0.2) is 0 Å². The first kappa shape index (κ1) is 15.3. The van der Waals surface area contributed by atoms with Crippen LogP contribution in [0.2, 0.25) is 0 Å². The van der Waals surface area contributed by atoms with Crippen molar-refractivity contribution in [3.05, 3.63) is 29.3 Å². The smallest absolute Gasteiger partial charge is 0.335 e. The monoisotopic (exact) mass is 315 g/mol. The molecule has 0 spiro atoms. The van der Waals surface area contributed by atoms with Crippen molar-refractivity contribution < 1.29 is 18.3 Å². The minimum Gasteiger partial charge on any atom is -0.478 e. The Labute approximate surface area is 122 Å². The zero-order valence-electron chi connectivity index (χ0n) is 11.1. The number of thioether (sulfide) groups is 1. The second-order valence-electron chi connectivity index (χ2n) is 4.86. The highest BCUT2D eigenvalue weighted by Crippen LogP contribution is 2.23. The second kappa shape index (κ2) is 6.15. The number of hydrogen-bond acceptors (Lipinski definition) is 4. The number of sulfonamides is 1. The third-order valence-corrected chi connectivity index (χ3v) is 5.99. The molecule has 2 rings (SSSR count). The van der Waals surface area contributed by atoms with Gasteiger partial charge in [-0.3, -0.25) is 0 Å². The molecule has 110 valence electrons. The first-order valence-corrected chi connectivity index (χ1v) is 8.95. The number of nitrogens with one attached hydrogen (secondary N) is 1. The minimum atomic E-state index is -3.64. The minimum absolute atomic E-state index is 0.00569. The van der Waals surface area contributed by atoms with Gasteiger partial charge in [-0.15, -0.1) is 0 Å². The molecule has 0 bridgehead atoms. The summed E-state index contributed by atoms with van der Waals surface area (Å²) in [4.78, 5) is 11.1. The topological polar surface area (TPSA) is 83.5 Å². The summed E-state index contributed by atoms with van der Waals surface area (Å²) in [6.07, 6.45) is 1.02. The summed E-state index contributed by atoms with van der Waals surface area (Å²) < 4.78 is 26.9. The summed E-state index contributed by atoms with van der Waals surface area (Å²) in [5.74, 6) is 1.28. The molecular weight excluding hydrogens is 298 g/mol. The van der Waals surface area contributed by atoms with Gasteiger partial charge in [0, 0.05) is 6.54 Å². The van der Waals surface area contributed by atoms with Crippen LogP contribution >= 0.6 is 11.8 Å². The predicted molar refractivity (Wildman–Crippen MR) is 78.8 cm³/mol. The number of aromatic carboxylic acids is 1. The molecule has 1 saturated heterocycles. The lowest BCUT2D eigenvalue weighted by Crippen LogP contribution is -2.29. The van der Waals surface area contributed by atoms with Gasteiger partial charge < -0.3 is 5.11 Å². The zero-order valence-corrected chi connectivity index (χ0v) is 12.8. The number of carbonyl (C=O) groups is 1. The van der Waals surface area contributed by atoms with E-state index in [1.54, 1.807) is 6.92 Å². The Kier molecular flexibility index (Phi) is 4.72. The molecule has 1 fully saturated rings. The number of aryl methyl sites for hydroxylation is 1.